The van der Waals surface area contributed by atoms with Crippen molar-refractivity contribution in [3.63, 3.8) is 0 Å². The molecule has 1 amide bonds. The van der Waals surface area contributed by atoms with Crippen molar-refractivity contribution in [2.45, 2.75) is 26.8 Å². The van der Waals surface area contributed by atoms with Gasteiger partial charge in [0.05, 0.1) is 5.69 Å². The maximum atomic E-state index is 13.8. The van der Waals surface area contributed by atoms with Crippen molar-refractivity contribution in [3.05, 3.63) is 95.2 Å². The second-order valence-corrected chi connectivity index (χ2v) is 8.99. The lowest BCUT2D eigenvalue weighted by Crippen LogP contribution is -2.46. The van der Waals surface area contributed by atoms with Gasteiger partial charge in [0, 0.05) is 50.3 Å². The van der Waals surface area contributed by atoms with Crippen LogP contribution in [0.3, 0.4) is 0 Å². The van der Waals surface area contributed by atoms with Crippen LogP contribution in [0.15, 0.2) is 66.9 Å². The molecular formula is C28H30FN5O. The molecule has 5 rings (SSSR count). The Morgan fingerprint density at radius 2 is 1.51 bits per heavy atom. The molecule has 35 heavy (non-hydrogen) atoms. The van der Waals surface area contributed by atoms with E-state index in [1.54, 1.807) is 6.07 Å². The third-order valence-corrected chi connectivity index (χ3v) is 6.64. The topological polar surface area (TPSA) is 52.9 Å². The molecule has 4 aromatic rings. The molecule has 0 bridgehead atoms. The zero-order chi connectivity index (χ0) is 24.4. The summed E-state index contributed by atoms with van der Waals surface area (Å²) < 4.78 is 15.3. The number of benzene rings is 2. The largest absolute Gasteiger partial charge is 0.368 e. The molecule has 0 radical (unpaired) electrons. The highest BCUT2D eigenvalue weighted by molar-refractivity contribution is 5.94. The van der Waals surface area contributed by atoms with Gasteiger partial charge in [-0.1, -0.05) is 36.8 Å². The maximum Gasteiger partial charge on any atom is 0.270 e. The molecule has 1 aliphatic rings. The van der Waals surface area contributed by atoms with E-state index in [1.165, 1.54) is 33.6 Å². The van der Waals surface area contributed by atoms with Gasteiger partial charge in [-0.3, -0.25) is 9.20 Å². The van der Waals surface area contributed by atoms with Gasteiger partial charge < -0.3 is 15.1 Å². The Balaban J connectivity index is 1.20. The molecule has 2 aromatic carbocycles. The lowest BCUT2D eigenvalue weighted by atomic mass is 10.1. The van der Waals surface area contributed by atoms with E-state index in [-0.39, 0.29) is 5.91 Å². The number of fused-ring (bicyclic) bond motifs is 1. The number of hydrogen-bond donors (Lipinski definition) is 1. The summed E-state index contributed by atoms with van der Waals surface area (Å²) in [6.07, 6.45) is 1.90. The highest BCUT2D eigenvalue weighted by Crippen LogP contribution is 2.22. The zero-order valence-electron chi connectivity index (χ0n) is 20.2. The summed E-state index contributed by atoms with van der Waals surface area (Å²) in [5, 5.41) is 2.97. The summed E-state index contributed by atoms with van der Waals surface area (Å²) in [7, 11) is 0. The van der Waals surface area contributed by atoms with Crippen LogP contribution in [0.4, 0.5) is 15.8 Å². The predicted molar refractivity (Wildman–Crippen MR) is 138 cm³/mol. The van der Waals surface area contributed by atoms with Crippen LogP contribution in [0, 0.1) is 12.7 Å². The van der Waals surface area contributed by atoms with Gasteiger partial charge in [0.2, 0.25) is 0 Å². The van der Waals surface area contributed by atoms with Gasteiger partial charge >= 0.3 is 0 Å². The standard InChI is InChI=1S/C28H30FN5O/c1-3-25-27(34-19-22(29)8-13-26(34)31-25)28(35)30-18-21-6-11-24(12-7-21)33-16-14-32(15-17-33)23-9-4-20(2)5-10-23/h4-13,19H,3,14-18H2,1-2H3,(H,30,35). The van der Waals surface area contributed by atoms with Crippen molar-refractivity contribution < 1.29 is 9.18 Å². The summed E-state index contributed by atoms with van der Waals surface area (Å²) in [6.45, 7) is 8.35. The Morgan fingerprint density at radius 1 is 0.914 bits per heavy atom. The lowest BCUT2D eigenvalue weighted by molar-refractivity contribution is 0.0944. The van der Waals surface area contributed by atoms with Crippen LogP contribution in [0.2, 0.25) is 0 Å². The molecule has 0 saturated carbocycles. The quantitative estimate of drug-likeness (QED) is 0.447. The Morgan fingerprint density at radius 3 is 2.11 bits per heavy atom. The van der Waals surface area contributed by atoms with Gasteiger partial charge in [-0.2, -0.15) is 0 Å². The van der Waals surface area contributed by atoms with Crippen LogP contribution in [-0.4, -0.2) is 41.5 Å². The number of aromatic nitrogens is 2. The van der Waals surface area contributed by atoms with Crippen LogP contribution in [0.1, 0.15) is 34.2 Å². The molecule has 1 aliphatic heterocycles. The number of pyridine rings is 1. The Labute approximate surface area is 205 Å². The molecule has 0 aliphatic carbocycles. The SMILES string of the molecule is CCc1nc2ccc(F)cn2c1C(=O)NCc1ccc(N2CCN(c3ccc(C)cc3)CC2)cc1. The van der Waals surface area contributed by atoms with Crippen LogP contribution in [0.5, 0.6) is 0 Å². The van der Waals surface area contributed by atoms with Gasteiger partial charge in [-0.25, -0.2) is 9.37 Å². The van der Waals surface area contributed by atoms with Crippen LogP contribution >= 0.6 is 0 Å². The second-order valence-electron chi connectivity index (χ2n) is 8.99. The van der Waals surface area contributed by atoms with Crippen molar-refractivity contribution in [1.29, 1.82) is 0 Å². The minimum Gasteiger partial charge on any atom is -0.368 e. The molecule has 1 fully saturated rings. The zero-order valence-corrected chi connectivity index (χ0v) is 20.2. The summed E-state index contributed by atoms with van der Waals surface area (Å²) in [6, 6.07) is 20.0. The molecule has 2 aromatic heterocycles. The Bertz CT molecular complexity index is 1320. The lowest BCUT2D eigenvalue weighted by Gasteiger charge is -2.37. The summed E-state index contributed by atoms with van der Waals surface area (Å²) >= 11 is 0. The maximum absolute atomic E-state index is 13.8. The number of nitrogens with zero attached hydrogens (tertiary/aromatic N) is 4. The molecule has 3 heterocycles. The first-order valence-corrected chi connectivity index (χ1v) is 12.1. The highest BCUT2D eigenvalue weighted by atomic mass is 19.1. The minimum absolute atomic E-state index is 0.253. The number of aryl methyl sites for hydroxylation is 2. The van der Waals surface area contributed by atoms with Gasteiger partial charge in [0.25, 0.3) is 5.91 Å². The molecule has 6 nitrogen and oxygen atoms in total. The van der Waals surface area contributed by atoms with Crippen molar-refractivity contribution in [3.8, 4) is 0 Å². The van der Waals surface area contributed by atoms with Crippen LogP contribution in [-0.2, 0) is 13.0 Å². The monoisotopic (exact) mass is 471 g/mol. The van der Waals surface area contributed by atoms with Crippen molar-refractivity contribution >= 4 is 22.9 Å². The number of hydrogen-bond acceptors (Lipinski definition) is 4. The van der Waals surface area contributed by atoms with E-state index < -0.39 is 5.82 Å². The average Bonchev–Trinajstić information content (AvgIpc) is 3.26. The third kappa shape index (κ3) is 4.85. The molecule has 180 valence electrons. The van der Waals surface area contributed by atoms with Gasteiger partial charge in [-0.05, 0) is 55.3 Å². The summed E-state index contributed by atoms with van der Waals surface area (Å²) in [5.41, 5.74) is 6.38. The highest BCUT2D eigenvalue weighted by Gasteiger charge is 2.19. The van der Waals surface area contributed by atoms with Crippen molar-refractivity contribution in [2.24, 2.45) is 0 Å². The average molecular weight is 472 g/mol. The fraction of sp³-hybridized carbons (Fsp3) is 0.286. The van der Waals surface area contributed by atoms with Gasteiger partial charge in [-0.15, -0.1) is 0 Å². The number of imidazole rings is 1. The van der Waals surface area contributed by atoms with Crippen molar-refractivity contribution in [1.82, 2.24) is 14.7 Å². The Kier molecular flexibility index (Phi) is 6.40. The van der Waals surface area contributed by atoms with Gasteiger partial charge in [0.1, 0.15) is 17.2 Å². The van der Waals surface area contributed by atoms with E-state index in [2.05, 4.69) is 75.6 Å². The number of nitrogens with one attached hydrogen (secondary N) is 1. The number of carbonyl (C=O) groups excluding carboxylic acids is 1. The van der Waals surface area contributed by atoms with Crippen molar-refractivity contribution in [2.75, 3.05) is 36.0 Å². The molecule has 0 unspecified atom stereocenters. The first-order valence-electron chi connectivity index (χ1n) is 12.1. The second kappa shape index (κ2) is 9.78. The smallest absolute Gasteiger partial charge is 0.270 e. The minimum atomic E-state index is -0.401. The summed E-state index contributed by atoms with van der Waals surface area (Å²) in [4.78, 5) is 22.2. The number of rotatable bonds is 6. The van der Waals surface area contributed by atoms with E-state index in [0.717, 1.165) is 31.7 Å². The number of carbonyl (C=O) groups is 1. The first-order chi connectivity index (χ1) is 17.0. The summed E-state index contributed by atoms with van der Waals surface area (Å²) in [5.74, 6) is -0.654. The van der Waals surface area contributed by atoms with E-state index in [4.69, 9.17) is 0 Å². The fourth-order valence-electron chi connectivity index (χ4n) is 4.62. The fourth-order valence-corrected chi connectivity index (χ4v) is 4.62. The van der Waals surface area contributed by atoms with E-state index in [9.17, 15) is 9.18 Å². The number of piperazine rings is 1. The van der Waals surface area contributed by atoms with Gasteiger partial charge in [0.15, 0.2) is 0 Å². The number of amides is 1. The number of anilines is 2. The molecule has 7 heteroatoms. The molecule has 1 saturated heterocycles. The first kappa shape index (κ1) is 22.9. The predicted octanol–water partition coefficient (Wildman–Crippen LogP) is 4.60. The number of halogens is 1. The van der Waals surface area contributed by atoms with Crippen LogP contribution in [0.25, 0.3) is 5.65 Å². The van der Waals surface area contributed by atoms with E-state index >= 15 is 0 Å². The normalized spacial score (nSPS) is 13.9. The molecular weight excluding hydrogens is 441 g/mol. The molecule has 0 spiro atoms. The third-order valence-electron chi connectivity index (χ3n) is 6.64. The van der Waals surface area contributed by atoms with E-state index in [0.29, 0.717) is 30.0 Å². The molecule has 0 atom stereocenters. The van der Waals surface area contributed by atoms with E-state index in [1.807, 2.05) is 6.92 Å². The Hall–Kier alpha value is -3.87. The van der Waals surface area contributed by atoms with Crippen LogP contribution < -0.4 is 15.1 Å². The molecule has 1 N–H and O–H groups in total.